The third-order valence-electron chi connectivity index (χ3n) is 6.51. The summed E-state index contributed by atoms with van der Waals surface area (Å²) < 4.78 is 49.8. The van der Waals surface area contributed by atoms with E-state index in [4.69, 9.17) is 14.5 Å². The van der Waals surface area contributed by atoms with Gasteiger partial charge in [0.05, 0.1) is 29.9 Å². The number of hydrazone groups is 1. The lowest BCUT2D eigenvalue weighted by atomic mass is 10.1. The molecule has 0 saturated carbocycles. The van der Waals surface area contributed by atoms with Gasteiger partial charge in [0, 0.05) is 32.2 Å². The first-order valence-corrected chi connectivity index (χ1v) is 13.0. The first kappa shape index (κ1) is 28.0. The number of hydrogen-bond acceptors (Lipinski definition) is 11. The maximum atomic E-state index is 13.0. The summed E-state index contributed by atoms with van der Waals surface area (Å²) in [6, 6.07) is 8.44. The summed E-state index contributed by atoms with van der Waals surface area (Å²) in [5.41, 5.74) is 1.61. The van der Waals surface area contributed by atoms with Crippen LogP contribution in [0.25, 0.3) is 0 Å². The zero-order valence-electron chi connectivity index (χ0n) is 21.9. The topological polar surface area (TPSA) is 131 Å². The Kier molecular flexibility index (Phi) is 8.42. The van der Waals surface area contributed by atoms with E-state index in [2.05, 4.69) is 25.4 Å². The van der Waals surface area contributed by atoms with E-state index < -0.39 is 22.4 Å². The van der Waals surface area contributed by atoms with Crippen molar-refractivity contribution in [3.8, 4) is 11.5 Å². The van der Waals surface area contributed by atoms with Gasteiger partial charge in [-0.15, -0.1) is 0 Å². The van der Waals surface area contributed by atoms with Crippen molar-refractivity contribution >= 4 is 29.7 Å². The highest BCUT2D eigenvalue weighted by Crippen LogP contribution is 2.37. The van der Waals surface area contributed by atoms with Crippen LogP contribution in [0.1, 0.15) is 30.4 Å². The van der Waals surface area contributed by atoms with Crippen molar-refractivity contribution in [2.24, 2.45) is 5.10 Å². The molecule has 0 spiro atoms. The Labute approximate surface area is 233 Å². The highest BCUT2D eigenvalue weighted by Gasteiger charge is 2.33. The lowest BCUT2D eigenvalue weighted by Crippen LogP contribution is -2.38. The number of nitrogens with zero attached hydrogens (tertiary/aromatic N) is 7. The number of morpholine rings is 1. The van der Waals surface area contributed by atoms with Gasteiger partial charge in [0.15, 0.2) is 0 Å². The van der Waals surface area contributed by atoms with Crippen molar-refractivity contribution in [2.75, 3.05) is 54.6 Å². The third-order valence-corrected chi connectivity index (χ3v) is 6.51. The number of ether oxygens (including phenoxy) is 2. The van der Waals surface area contributed by atoms with Crippen molar-refractivity contribution < 1.29 is 27.6 Å². The average molecular weight is 573 g/mol. The van der Waals surface area contributed by atoms with Gasteiger partial charge in [-0.25, -0.2) is 5.43 Å². The second-order valence-electron chi connectivity index (χ2n) is 9.38. The van der Waals surface area contributed by atoms with E-state index in [1.807, 2.05) is 4.90 Å². The number of nitrogens with one attached hydrogen (secondary N) is 1. The minimum Gasteiger partial charge on any atom is -0.450 e. The van der Waals surface area contributed by atoms with Crippen LogP contribution in [0.5, 0.6) is 11.5 Å². The minimum absolute atomic E-state index is 0.205. The third kappa shape index (κ3) is 7.16. The van der Waals surface area contributed by atoms with Gasteiger partial charge >= 0.3 is 11.9 Å². The van der Waals surface area contributed by atoms with Gasteiger partial charge in [-0.3, -0.25) is 10.1 Å². The van der Waals surface area contributed by atoms with Gasteiger partial charge in [0.2, 0.25) is 23.6 Å². The summed E-state index contributed by atoms with van der Waals surface area (Å²) >= 11 is 0. The molecule has 1 N–H and O–H groups in total. The van der Waals surface area contributed by atoms with Crippen LogP contribution in [0.4, 0.5) is 36.7 Å². The molecule has 15 heteroatoms. The number of halogens is 3. The molecule has 216 valence electrons. The Morgan fingerprint density at radius 2 is 1.61 bits per heavy atom. The molecule has 2 aliphatic heterocycles. The van der Waals surface area contributed by atoms with E-state index in [1.165, 1.54) is 24.8 Å². The molecule has 0 amide bonds. The van der Waals surface area contributed by atoms with E-state index >= 15 is 0 Å². The zero-order chi connectivity index (χ0) is 28.8. The maximum absolute atomic E-state index is 13.0. The summed E-state index contributed by atoms with van der Waals surface area (Å²) in [6.45, 7) is 4.29. The van der Waals surface area contributed by atoms with Crippen LogP contribution in [0.2, 0.25) is 0 Å². The monoisotopic (exact) mass is 572 g/mol. The van der Waals surface area contributed by atoms with Crippen LogP contribution in [0.15, 0.2) is 47.6 Å². The Morgan fingerprint density at radius 1 is 0.951 bits per heavy atom. The second-order valence-corrected chi connectivity index (χ2v) is 9.38. The average Bonchev–Trinajstić information content (AvgIpc) is 2.98. The molecule has 5 rings (SSSR count). The highest BCUT2D eigenvalue weighted by molar-refractivity contribution is 5.80. The van der Waals surface area contributed by atoms with E-state index in [1.54, 1.807) is 12.1 Å². The molecule has 0 unspecified atom stereocenters. The summed E-state index contributed by atoms with van der Waals surface area (Å²) in [6.07, 6.45) is 0.150. The van der Waals surface area contributed by atoms with Crippen molar-refractivity contribution in [2.45, 2.75) is 25.4 Å². The van der Waals surface area contributed by atoms with Gasteiger partial charge in [0.1, 0.15) is 5.75 Å². The Bertz CT molecular complexity index is 1360. The molecule has 12 nitrogen and oxygen atoms in total. The molecule has 2 aliphatic rings. The van der Waals surface area contributed by atoms with Crippen molar-refractivity contribution in [1.29, 1.82) is 0 Å². The molecular weight excluding hydrogens is 545 g/mol. The number of hydrogen-bond donors (Lipinski definition) is 1. The molecular formula is C26H27F3N8O4. The second kappa shape index (κ2) is 12.3. The van der Waals surface area contributed by atoms with Gasteiger partial charge in [-0.05, 0) is 61.2 Å². The van der Waals surface area contributed by atoms with Crippen LogP contribution in [0.3, 0.4) is 0 Å². The number of benzene rings is 2. The van der Waals surface area contributed by atoms with Crippen molar-refractivity contribution in [3.05, 3.63) is 63.7 Å². The van der Waals surface area contributed by atoms with Crippen LogP contribution in [0, 0.1) is 10.1 Å². The summed E-state index contributed by atoms with van der Waals surface area (Å²) in [4.78, 5) is 28.4. The molecule has 2 fully saturated rings. The lowest BCUT2D eigenvalue weighted by molar-refractivity contribution is -0.385. The minimum atomic E-state index is -4.71. The number of aromatic nitrogens is 3. The van der Waals surface area contributed by atoms with Gasteiger partial charge in [-0.1, -0.05) is 0 Å². The molecule has 0 radical (unpaired) electrons. The normalized spacial score (nSPS) is 16.2. The van der Waals surface area contributed by atoms with Crippen LogP contribution >= 0.6 is 0 Å². The molecule has 2 aromatic carbocycles. The number of nitro benzene ring substituents is 1. The molecule has 0 aliphatic carbocycles. The summed E-state index contributed by atoms with van der Waals surface area (Å²) in [5, 5.41) is 15.6. The van der Waals surface area contributed by atoms with E-state index in [9.17, 15) is 23.3 Å². The standard InChI is InChI=1S/C26H27F3N8O4/c27-26(28,29)19-6-9-22(21(16-19)37(38)39)41-20-7-4-18(5-8-20)17-30-34-23-31-24(35-10-2-1-3-11-35)33-25(32-23)36-12-14-40-15-13-36/h4-9,16-17H,1-3,10-15H2,(H,31,32,33,34)/b30-17-. The van der Waals surface area contributed by atoms with Crippen LogP contribution < -0.4 is 20.0 Å². The van der Waals surface area contributed by atoms with E-state index in [0.29, 0.717) is 55.8 Å². The first-order chi connectivity index (χ1) is 19.8. The quantitative estimate of drug-likeness (QED) is 0.227. The smallest absolute Gasteiger partial charge is 0.416 e. The number of rotatable bonds is 8. The molecule has 0 bridgehead atoms. The molecule has 1 aromatic heterocycles. The molecule has 3 heterocycles. The van der Waals surface area contributed by atoms with E-state index in [-0.39, 0.29) is 11.5 Å². The van der Waals surface area contributed by atoms with Crippen LogP contribution in [-0.2, 0) is 10.9 Å². The largest absolute Gasteiger partial charge is 0.450 e. The Morgan fingerprint density at radius 3 is 2.24 bits per heavy atom. The predicted molar refractivity (Wildman–Crippen MR) is 145 cm³/mol. The predicted octanol–water partition coefficient (Wildman–Crippen LogP) is 4.86. The lowest BCUT2D eigenvalue weighted by Gasteiger charge is -2.30. The summed E-state index contributed by atoms with van der Waals surface area (Å²) in [5.74, 6) is 1.35. The number of anilines is 3. The molecule has 0 atom stereocenters. The number of nitro groups is 1. The van der Waals surface area contributed by atoms with Gasteiger partial charge < -0.3 is 19.3 Å². The highest BCUT2D eigenvalue weighted by atomic mass is 19.4. The van der Waals surface area contributed by atoms with Gasteiger partial charge in [-0.2, -0.15) is 33.2 Å². The molecule has 2 saturated heterocycles. The SMILES string of the molecule is O=[N+]([O-])c1cc(C(F)(F)F)ccc1Oc1ccc(/C=N\Nc2nc(N3CCCCC3)nc(N3CCOCC3)n2)cc1. The zero-order valence-corrected chi connectivity index (χ0v) is 21.9. The molecule has 3 aromatic rings. The fourth-order valence-electron chi connectivity index (χ4n) is 4.38. The summed E-state index contributed by atoms with van der Waals surface area (Å²) in [7, 11) is 0. The van der Waals surface area contributed by atoms with Gasteiger partial charge in [0.25, 0.3) is 0 Å². The Balaban J connectivity index is 1.28. The number of alkyl halides is 3. The first-order valence-electron chi connectivity index (χ1n) is 13.0. The number of piperidine rings is 1. The van der Waals surface area contributed by atoms with Crippen LogP contribution in [-0.4, -0.2) is 65.5 Å². The Hall–Kier alpha value is -4.53. The van der Waals surface area contributed by atoms with Crippen molar-refractivity contribution in [3.63, 3.8) is 0 Å². The fraction of sp³-hybridized carbons (Fsp3) is 0.385. The molecule has 41 heavy (non-hydrogen) atoms. The van der Waals surface area contributed by atoms with Crippen molar-refractivity contribution in [1.82, 2.24) is 15.0 Å². The fourth-order valence-corrected chi connectivity index (χ4v) is 4.38. The maximum Gasteiger partial charge on any atom is 0.416 e. The van der Waals surface area contributed by atoms with E-state index in [0.717, 1.165) is 38.1 Å².